The van der Waals surface area contributed by atoms with Crippen molar-refractivity contribution in [2.24, 2.45) is 0 Å². The van der Waals surface area contributed by atoms with Gasteiger partial charge in [-0.25, -0.2) is 4.98 Å². The number of oxazole rings is 1. The van der Waals surface area contributed by atoms with Crippen LogP contribution in [0.5, 0.6) is 0 Å². The van der Waals surface area contributed by atoms with Gasteiger partial charge in [0.15, 0.2) is 5.58 Å². The van der Waals surface area contributed by atoms with Gasteiger partial charge in [0.25, 0.3) is 6.01 Å². The van der Waals surface area contributed by atoms with Crippen LogP contribution in [-0.4, -0.2) is 14.4 Å². The quantitative estimate of drug-likeness (QED) is 0.629. The molecule has 4 aromatic rings. The molecular weight excluding hydrogens is 288 g/mol. The normalized spacial score (nSPS) is 11.6. The SMILES string of the molecule is Cc1cccn2c(C)c(CCc3ccc4nc(N)oc4c3)nc12. The third-order valence-electron chi connectivity index (χ3n) is 4.30. The highest BCUT2D eigenvalue weighted by Gasteiger charge is 2.10. The number of rotatable bonds is 3. The summed E-state index contributed by atoms with van der Waals surface area (Å²) in [5, 5.41) is 0. The first-order chi connectivity index (χ1) is 11.1. The first kappa shape index (κ1) is 13.8. The van der Waals surface area contributed by atoms with Crippen molar-refractivity contribution in [1.82, 2.24) is 14.4 Å². The van der Waals surface area contributed by atoms with Crippen LogP contribution in [-0.2, 0) is 12.8 Å². The summed E-state index contributed by atoms with van der Waals surface area (Å²) in [6.07, 6.45) is 3.86. The summed E-state index contributed by atoms with van der Waals surface area (Å²) in [5.41, 5.74) is 12.9. The van der Waals surface area contributed by atoms with E-state index in [0.29, 0.717) is 0 Å². The molecule has 0 atom stereocenters. The summed E-state index contributed by atoms with van der Waals surface area (Å²) < 4.78 is 7.55. The molecule has 0 saturated heterocycles. The summed E-state index contributed by atoms with van der Waals surface area (Å²) in [6, 6.07) is 10.4. The van der Waals surface area contributed by atoms with Gasteiger partial charge >= 0.3 is 0 Å². The predicted molar refractivity (Wildman–Crippen MR) is 90.5 cm³/mol. The average Bonchev–Trinajstić information content (AvgIpc) is 3.06. The average molecular weight is 306 g/mol. The van der Waals surface area contributed by atoms with Crippen molar-refractivity contribution in [3.05, 3.63) is 59.0 Å². The lowest BCUT2D eigenvalue weighted by Gasteiger charge is -2.01. The maximum Gasteiger partial charge on any atom is 0.292 e. The van der Waals surface area contributed by atoms with Crippen molar-refractivity contribution < 1.29 is 4.42 Å². The largest absolute Gasteiger partial charge is 0.424 e. The number of anilines is 1. The van der Waals surface area contributed by atoms with Gasteiger partial charge in [0.05, 0.1) is 5.69 Å². The zero-order valence-electron chi connectivity index (χ0n) is 13.2. The van der Waals surface area contributed by atoms with Crippen LogP contribution in [0.2, 0.25) is 0 Å². The van der Waals surface area contributed by atoms with Crippen LogP contribution in [0.4, 0.5) is 6.01 Å². The molecule has 0 aliphatic carbocycles. The van der Waals surface area contributed by atoms with E-state index in [9.17, 15) is 0 Å². The summed E-state index contributed by atoms with van der Waals surface area (Å²) in [6.45, 7) is 4.21. The lowest BCUT2D eigenvalue weighted by Crippen LogP contribution is -1.94. The van der Waals surface area contributed by atoms with Crippen LogP contribution in [0.3, 0.4) is 0 Å². The molecule has 5 heteroatoms. The molecule has 116 valence electrons. The molecule has 4 rings (SSSR count). The van der Waals surface area contributed by atoms with Gasteiger partial charge in [-0.3, -0.25) is 0 Å². The van der Waals surface area contributed by atoms with Gasteiger partial charge in [-0.05, 0) is 56.0 Å². The zero-order chi connectivity index (χ0) is 16.0. The molecule has 23 heavy (non-hydrogen) atoms. The number of nitrogens with zero attached hydrogens (tertiary/aromatic N) is 3. The number of benzene rings is 1. The topological polar surface area (TPSA) is 69.3 Å². The van der Waals surface area contributed by atoms with Gasteiger partial charge < -0.3 is 14.6 Å². The van der Waals surface area contributed by atoms with Crippen LogP contribution in [0.1, 0.15) is 22.5 Å². The predicted octanol–water partition coefficient (Wildman–Crippen LogP) is 3.46. The van der Waals surface area contributed by atoms with Crippen LogP contribution in [0.15, 0.2) is 40.9 Å². The number of hydrogen-bond donors (Lipinski definition) is 1. The van der Waals surface area contributed by atoms with Crippen molar-refractivity contribution in [3.63, 3.8) is 0 Å². The molecule has 0 spiro atoms. The first-order valence-electron chi connectivity index (χ1n) is 7.70. The molecule has 3 aromatic heterocycles. The Hall–Kier alpha value is -2.82. The molecule has 0 aliphatic rings. The Balaban J connectivity index is 1.62. The molecule has 0 fully saturated rings. The molecule has 0 radical (unpaired) electrons. The number of pyridine rings is 1. The molecule has 0 amide bonds. The number of nitrogens with two attached hydrogens (primary N) is 1. The van der Waals surface area contributed by atoms with Gasteiger partial charge in [0, 0.05) is 11.9 Å². The minimum Gasteiger partial charge on any atom is -0.424 e. The second kappa shape index (κ2) is 5.12. The highest BCUT2D eigenvalue weighted by atomic mass is 16.4. The Bertz CT molecular complexity index is 1010. The fourth-order valence-corrected chi connectivity index (χ4v) is 3.01. The Labute approximate surface area is 133 Å². The minimum absolute atomic E-state index is 0.212. The van der Waals surface area contributed by atoms with E-state index in [1.54, 1.807) is 0 Å². The molecule has 3 heterocycles. The molecular formula is C18H18N4O. The maximum atomic E-state index is 5.59. The van der Waals surface area contributed by atoms with E-state index in [1.165, 1.54) is 16.8 Å². The fraction of sp³-hybridized carbons (Fsp3) is 0.222. The van der Waals surface area contributed by atoms with Crippen molar-refractivity contribution >= 4 is 22.8 Å². The molecule has 0 saturated carbocycles. The molecule has 2 N–H and O–H groups in total. The van der Waals surface area contributed by atoms with E-state index in [0.717, 1.165) is 35.3 Å². The summed E-state index contributed by atoms with van der Waals surface area (Å²) in [7, 11) is 0. The van der Waals surface area contributed by atoms with E-state index in [2.05, 4.69) is 47.6 Å². The van der Waals surface area contributed by atoms with E-state index in [-0.39, 0.29) is 6.01 Å². The van der Waals surface area contributed by atoms with Crippen molar-refractivity contribution in [2.45, 2.75) is 26.7 Å². The van der Waals surface area contributed by atoms with E-state index in [4.69, 9.17) is 15.1 Å². The highest BCUT2D eigenvalue weighted by molar-refractivity contribution is 5.74. The van der Waals surface area contributed by atoms with E-state index < -0.39 is 0 Å². The van der Waals surface area contributed by atoms with Crippen LogP contribution in [0.25, 0.3) is 16.7 Å². The number of aromatic nitrogens is 3. The number of nitrogen functional groups attached to an aromatic ring is 1. The van der Waals surface area contributed by atoms with Crippen molar-refractivity contribution in [1.29, 1.82) is 0 Å². The van der Waals surface area contributed by atoms with Crippen LogP contribution in [0, 0.1) is 13.8 Å². The first-order valence-corrected chi connectivity index (χ1v) is 7.70. The van der Waals surface area contributed by atoms with Gasteiger partial charge in [-0.15, -0.1) is 0 Å². The van der Waals surface area contributed by atoms with E-state index >= 15 is 0 Å². The standard InChI is InChI=1S/C18H18N4O/c1-11-4-3-9-22-12(2)14(20-17(11)22)7-5-13-6-8-15-16(10-13)23-18(19)21-15/h3-4,6,8-10H,5,7H2,1-2H3,(H2,19,21). The summed E-state index contributed by atoms with van der Waals surface area (Å²) in [5.74, 6) is 0. The lowest BCUT2D eigenvalue weighted by molar-refractivity contribution is 0.625. The molecule has 0 unspecified atom stereocenters. The van der Waals surface area contributed by atoms with Crippen molar-refractivity contribution in [2.75, 3.05) is 5.73 Å². The Morgan fingerprint density at radius 1 is 1.13 bits per heavy atom. The molecule has 1 aromatic carbocycles. The van der Waals surface area contributed by atoms with Gasteiger partial charge in [0.2, 0.25) is 0 Å². The van der Waals surface area contributed by atoms with Crippen molar-refractivity contribution in [3.8, 4) is 0 Å². The third-order valence-corrected chi connectivity index (χ3v) is 4.30. The second-order valence-electron chi connectivity index (χ2n) is 5.88. The van der Waals surface area contributed by atoms with Gasteiger partial charge in [-0.1, -0.05) is 12.1 Å². The van der Waals surface area contributed by atoms with Crippen LogP contribution >= 0.6 is 0 Å². The maximum absolute atomic E-state index is 5.59. The number of imidazole rings is 1. The Kier molecular flexibility index (Phi) is 3.08. The second-order valence-corrected chi connectivity index (χ2v) is 5.88. The third kappa shape index (κ3) is 2.34. The highest BCUT2D eigenvalue weighted by Crippen LogP contribution is 2.21. The lowest BCUT2D eigenvalue weighted by atomic mass is 10.1. The molecule has 5 nitrogen and oxygen atoms in total. The van der Waals surface area contributed by atoms with Gasteiger partial charge in [0.1, 0.15) is 11.2 Å². The summed E-state index contributed by atoms with van der Waals surface area (Å²) >= 11 is 0. The number of fused-ring (bicyclic) bond motifs is 2. The van der Waals surface area contributed by atoms with Gasteiger partial charge in [-0.2, -0.15) is 4.98 Å². The fourth-order valence-electron chi connectivity index (χ4n) is 3.01. The van der Waals surface area contributed by atoms with E-state index in [1.807, 2.05) is 12.1 Å². The Morgan fingerprint density at radius 3 is 2.83 bits per heavy atom. The molecule has 0 aliphatic heterocycles. The summed E-state index contributed by atoms with van der Waals surface area (Å²) in [4.78, 5) is 8.92. The monoisotopic (exact) mass is 306 g/mol. The molecule has 0 bridgehead atoms. The minimum atomic E-state index is 0.212. The number of aryl methyl sites for hydroxylation is 4. The Morgan fingerprint density at radius 2 is 2.00 bits per heavy atom. The zero-order valence-corrected chi connectivity index (χ0v) is 13.2. The smallest absolute Gasteiger partial charge is 0.292 e. The van der Waals surface area contributed by atoms with Crippen LogP contribution < -0.4 is 5.73 Å². The number of hydrogen-bond acceptors (Lipinski definition) is 4.